The van der Waals surface area contributed by atoms with Crippen molar-refractivity contribution in [3.8, 4) is 5.69 Å². The Morgan fingerprint density at radius 2 is 2.04 bits per heavy atom. The maximum Gasteiger partial charge on any atom is 0.214 e. The summed E-state index contributed by atoms with van der Waals surface area (Å²) in [5, 5.41) is 13.9. The largest absolute Gasteiger partial charge is 0.360 e. The van der Waals surface area contributed by atoms with Crippen LogP contribution in [0.15, 0.2) is 53.8 Å². The first kappa shape index (κ1) is 17.8. The summed E-state index contributed by atoms with van der Waals surface area (Å²) >= 11 is 7.24. The lowest BCUT2D eigenvalue weighted by Gasteiger charge is -2.04. The number of aryl methyl sites for hydroxylation is 1. The average molecular weight is 398 g/mol. The van der Waals surface area contributed by atoms with Crippen molar-refractivity contribution in [3.05, 3.63) is 64.8 Å². The highest BCUT2D eigenvalue weighted by atomic mass is 35.5. The number of benzene rings is 2. The third-order valence-corrected chi connectivity index (χ3v) is 5.50. The number of fused-ring (bicyclic) bond motifs is 1. The van der Waals surface area contributed by atoms with Crippen LogP contribution in [0.2, 0.25) is 5.02 Å². The number of aromatic amines is 1. The topological polar surface area (TPSA) is 76.5 Å². The van der Waals surface area contributed by atoms with Crippen LogP contribution in [0.4, 0.5) is 0 Å². The van der Waals surface area contributed by atoms with Crippen LogP contribution in [-0.2, 0) is 6.42 Å². The normalized spacial score (nSPS) is 11.2. The van der Waals surface area contributed by atoms with Crippen molar-refractivity contribution in [1.29, 1.82) is 0 Å². The zero-order valence-corrected chi connectivity index (χ0v) is 16.1. The molecule has 0 spiro atoms. The lowest BCUT2D eigenvalue weighted by molar-refractivity contribution is 0.102. The molecule has 8 heteroatoms. The number of rotatable bonds is 6. The van der Waals surface area contributed by atoms with Crippen LogP contribution in [0.1, 0.15) is 22.8 Å². The number of thioether (sulfide) groups is 1. The van der Waals surface area contributed by atoms with Crippen LogP contribution in [-0.4, -0.2) is 36.7 Å². The number of aromatic nitrogens is 5. The molecule has 0 saturated heterocycles. The number of carbonyl (C=O) groups is 1. The van der Waals surface area contributed by atoms with Crippen molar-refractivity contribution in [1.82, 2.24) is 25.2 Å². The first-order chi connectivity index (χ1) is 13.2. The summed E-state index contributed by atoms with van der Waals surface area (Å²) in [6, 6.07) is 13.2. The van der Waals surface area contributed by atoms with Crippen LogP contribution >= 0.6 is 23.4 Å². The van der Waals surface area contributed by atoms with Gasteiger partial charge in [-0.1, -0.05) is 48.5 Å². The molecule has 0 radical (unpaired) electrons. The molecule has 2 aromatic heterocycles. The smallest absolute Gasteiger partial charge is 0.214 e. The summed E-state index contributed by atoms with van der Waals surface area (Å²) in [6.45, 7) is 2.10. The van der Waals surface area contributed by atoms with Gasteiger partial charge in [-0.15, -0.1) is 5.10 Å². The molecule has 6 nitrogen and oxygen atoms in total. The van der Waals surface area contributed by atoms with E-state index in [4.69, 9.17) is 11.6 Å². The Balaban J connectivity index is 1.54. The molecule has 0 aliphatic carbocycles. The Morgan fingerprint density at radius 1 is 1.22 bits per heavy atom. The van der Waals surface area contributed by atoms with Gasteiger partial charge in [0.05, 0.1) is 11.4 Å². The third-order valence-electron chi connectivity index (χ3n) is 4.33. The number of para-hydroxylation sites is 1. The number of halogens is 1. The Hall–Kier alpha value is -2.64. The van der Waals surface area contributed by atoms with Crippen LogP contribution in [0, 0.1) is 0 Å². The van der Waals surface area contributed by atoms with E-state index in [9.17, 15) is 4.79 Å². The van der Waals surface area contributed by atoms with E-state index in [1.54, 1.807) is 23.0 Å². The predicted octanol–water partition coefficient (Wildman–Crippen LogP) is 4.33. The molecule has 2 aromatic carbocycles. The number of ketones is 1. The minimum absolute atomic E-state index is 0.0326. The molecule has 136 valence electrons. The molecule has 0 atom stereocenters. The van der Waals surface area contributed by atoms with Crippen LogP contribution in [0.3, 0.4) is 0 Å². The maximum absolute atomic E-state index is 12.8. The van der Waals surface area contributed by atoms with Gasteiger partial charge in [0.15, 0.2) is 5.78 Å². The van der Waals surface area contributed by atoms with Crippen LogP contribution in [0.25, 0.3) is 16.6 Å². The highest BCUT2D eigenvalue weighted by molar-refractivity contribution is 7.99. The van der Waals surface area contributed by atoms with Crippen molar-refractivity contribution < 1.29 is 4.79 Å². The van der Waals surface area contributed by atoms with Crippen LogP contribution < -0.4 is 0 Å². The number of tetrazole rings is 1. The number of carbonyl (C=O) groups excluding carboxylic acids is 1. The Morgan fingerprint density at radius 3 is 2.81 bits per heavy atom. The molecule has 0 aliphatic heterocycles. The molecule has 4 aromatic rings. The van der Waals surface area contributed by atoms with Crippen LogP contribution in [0.5, 0.6) is 0 Å². The second-order valence-electron chi connectivity index (χ2n) is 5.96. The fraction of sp³-hybridized carbons (Fsp3) is 0.158. The molecule has 1 N–H and O–H groups in total. The van der Waals surface area contributed by atoms with Gasteiger partial charge in [-0.25, -0.2) is 0 Å². The SMILES string of the molecule is CCc1cccc2c(C(=O)CSc3nnnn3-c3ccc(Cl)cc3)c[nH]c12. The second kappa shape index (κ2) is 7.54. The number of hydrogen-bond acceptors (Lipinski definition) is 5. The Kier molecular flexibility index (Phi) is 4.96. The minimum Gasteiger partial charge on any atom is -0.360 e. The average Bonchev–Trinajstić information content (AvgIpc) is 3.33. The molecule has 0 amide bonds. The summed E-state index contributed by atoms with van der Waals surface area (Å²) in [5.41, 5.74) is 3.71. The summed E-state index contributed by atoms with van der Waals surface area (Å²) in [7, 11) is 0. The number of H-pyrrole nitrogens is 1. The Labute approximate surface area is 164 Å². The fourth-order valence-electron chi connectivity index (χ4n) is 2.96. The predicted molar refractivity (Wildman–Crippen MR) is 107 cm³/mol. The van der Waals surface area contributed by atoms with E-state index in [1.807, 2.05) is 24.3 Å². The molecule has 0 saturated carbocycles. The second-order valence-corrected chi connectivity index (χ2v) is 7.34. The molecule has 0 unspecified atom stereocenters. The van der Waals surface area contributed by atoms with Gasteiger partial charge in [-0.3, -0.25) is 4.79 Å². The molecular formula is C19H16ClN5OS. The zero-order chi connectivity index (χ0) is 18.8. The first-order valence-corrected chi connectivity index (χ1v) is 9.83. The zero-order valence-electron chi connectivity index (χ0n) is 14.5. The molecule has 0 bridgehead atoms. The monoisotopic (exact) mass is 397 g/mol. The van der Waals surface area contributed by atoms with Gasteiger partial charge in [0.1, 0.15) is 0 Å². The highest BCUT2D eigenvalue weighted by Gasteiger charge is 2.16. The van der Waals surface area contributed by atoms with E-state index in [-0.39, 0.29) is 11.5 Å². The van der Waals surface area contributed by atoms with Gasteiger partial charge in [-0.2, -0.15) is 4.68 Å². The lowest BCUT2D eigenvalue weighted by Crippen LogP contribution is -2.04. The van der Waals surface area contributed by atoms with E-state index in [1.165, 1.54) is 17.3 Å². The van der Waals surface area contributed by atoms with Gasteiger partial charge in [0.2, 0.25) is 5.16 Å². The molecule has 2 heterocycles. The third kappa shape index (κ3) is 3.48. The standard InChI is InChI=1S/C19H16ClN5OS/c1-2-12-4-3-5-15-16(10-21-18(12)15)17(26)11-27-19-22-23-24-25(19)14-8-6-13(20)7-9-14/h3-10,21H,2,11H2,1H3. The van der Waals surface area contributed by atoms with Gasteiger partial charge < -0.3 is 4.98 Å². The van der Waals surface area contributed by atoms with Gasteiger partial charge in [-0.05, 0) is 46.7 Å². The van der Waals surface area contributed by atoms with Gasteiger partial charge in [0.25, 0.3) is 0 Å². The molecule has 0 aliphatic rings. The number of hydrogen-bond donors (Lipinski definition) is 1. The minimum atomic E-state index is 0.0326. The quantitative estimate of drug-likeness (QED) is 0.387. The molecule has 27 heavy (non-hydrogen) atoms. The summed E-state index contributed by atoms with van der Waals surface area (Å²) in [6.07, 6.45) is 2.70. The number of nitrogens with zero attached hydrogens (tertiary/aromatic N) is 4. The first-order valence-electron chi connectivity index (χ1n) is 8.46. The fourth-order valence-corrected chi connectivity index (χ4v) is 3.86. The lowest BCUT2D eigenvalue weighted by atomic mass is 10.1. The van der Waals surface area contributed by atoms with Crippen molar-refractivity contribution in [2.45, 2.75) is 18.5 Å². The van der Waals surface area contributed by atoms with E-state index in [0.717, 1.165) is 23.0 Å². The van der Waals surface area contributed by atoms with E-state index < -0.39 is 0 Å². The maximum atomic E-state index is 12.8. The molecule has 0 fully saturated rings. The molecular weight excluding hydrogens is 382 g/mol. The van der Waals surface area contributed by atoms with Crippen molar-refractivity contribution in [3.63, 3.8) is 0 Å². The van der Waals surface area contributed by atoms with Crippen molar-refractivity contribution in [2.24, 2.45) is 0 Å². The number of nitrogens with one attached hydrogen (secondary N) is 1. The molecule has 4 rings (SSSR count). The van der Waals surface area contributed by atoms with Crippen molar-refractivity contribution >= 4 is 40.0 Å². The number of Topliss-reactive ketones (excluding diaryl/α,β-unsaturated/α-hetero) is 1. The van der Waals surface area contributed by atoms with E-state index in [2.05, 4.69) is 33.5 Å². The van der Waals surface area contributed by atoms with E-state index in [0.29, 0.717) is 15.7 Å². The van der Waals surface area contributed by atoms with Gasteiger partial charge in [0, 0.05) is 27.7 Å². The highest BCUT2D eigenvalue weighted by Crippen LogP contribution is 2.25. The summed E-state index contributed by atoms with van der Waals surface area (Å²) in [4.78, 5) is 16.0. The van der Waals surface area contributed by atoms with E-state index >= 15 is 0 Å². The summed E-state index contributed by atoms with van der Waals surface area (Å²) < 4.78 is 1.60. The van der Waals surface area contributed by atoms with Crippen molar-refractivity contribution in [2.75, 3.05) is 5.75 Å². The summed E-state index contributed by atoms with van der Waals surface area (Å²) in [5.74, 6) is 0.280. The van der Waals surface area contributed by atoms with Gasteiger partial charge >= 0.3 is 0 Å². The Bertz CT molecular complexity index is 1100.